The van der Waals surface area contributed by atoms with Crippen LogP contribution in [-0.4, -0.2) is 61.4 Å². The van der Waals surface area contributed by atoms with Crippen molar-refractivity contribution in [2.45, 2.75) is 13.3 Å². The zero-order chi connectivity index (χ0) is 11.3. The molecule has 5 nitrogen and oxygen atoms in total. The quantitative estimate of drug-likeness (QED) is 0.627. The maximum absolute atomic E-state index is 11.6. The van der Waals surface area contributed by atoms with Crippen LogP contribution in [-0.2, 0) is 9.59 Å². The van der Waals surface area contributed by atoms with Crippen molar-refractivity contribution in [3.05, 3.63) is 0 Å². The second-order valence-electron chi connectivity index (χ2n) is 3.73. The number of nitrogens with one attached hydrogen (secondary N) is 1. The Morgan fingerprint density at radius 2 is 2.20 bits per heavy atom. The minimum absolute atomic E-state index is 0.0260. The summed E-state index contributed by atoms with van der Waals surface area (Å²) in [6.07, 6.45) is 0.477. The largest absolute Gasteiger partial charge is 0.342 e. The Morgan fingerprint density at radius 3 is 2.80 bits per heavy atom. The molecule has 15 heavy (non-hydrogen) atoms. The maximum Gasteiger partial charge on any atom is 0.241 e. The topological polar surface area (TPSA) is 52.7 Å². The van der Waals surface area contributed by atoms with E-state index < -0.39 is 0 Å². The van der Waals surface area contributed by atoms with Crippen LogP contribution in [0.5, 0.6) is 0 Å². The Kier molecular flexibility index (Phi) is 4.55. The highest BCUT2D eigenvalue weighted by atomic mass is 16.2. The fraction of sp³-hybridized carbons (Fsp3) is 0.800. The number of carbonyl (C=O) groups excluding carboxylic acids is 2. The van der Waals surface area contributed by atoms with Crippen molar-refractivity contribution in [3.63, 3.8) is 0 Å². The zero-order valence-electron chi connectivity index (χ0n) is 9.45. The van der Waals surface area contributed by atoms with Gasteiger partial charge in [-0.1, -0.05) is 6.92 Å². The average Bonchev–Trinajstić information content (AvgIpc) is 2.22. The van der Waals surface area contributed by atoms with Crippen molar-refractivity contribution < 1.29 is 9.59 Å². The lowest BCUT2D eigenvalue weighted by Crippen LogP contribution is -2.51. The Hall–Kier alpha value is -1.10. The van der Waals surface area contributed by atoms with Gasteiger partial charge < -0.3 is 15.1 Å². The SMILES string of the molecule is CCNCCC(=O)N1CCN(C)C(=O)C1. The van der Waals surface area contributed by atoms with Crippen LogP contribution < -0.4 is 5.32 Å². The van der Waals surface area contributed by atoms with Gasteiger partial charge in [0.15, 0.2) is 0 Å². The second kappa shape index (κ2) is 5.70. The van der Waals surface area contributed by atoms with Crippen LogP contribution in [0.25, 0.3) is 0 Å². The van der Waals surface area contributed by atoms with Gasteiger partial charge in [-0.15, -0.1) is 0 Å². The molecule has 1 heterocycles. The van der Waals surface area contributed by atoms with Gasteiger partial charge in [-0.05, 0) is 6.54 Å². The third-order valence-corrected chi connectivity index (χ3v) is 2.58. The van der Waals surface area contributed by atoms with Crippen LogP contribution in [0.15, 0.2) is 0 Å². The smallest absolute Gasteiger partial charge is 0.241 e. The highest BCUT2D eigenvalue weighted by Gasteiger charge is 2.23. The molecule has 1 saturated heterocycles. The third-order valence-electron chi connectivity index (χ3n) is 2.58. The molecule has 1 N–H and O–H groups in total. The number of hydrogen-bond donors (Lipinski definition) is 1. The van der Waals surface area contributed by atoms with Gasteiger partial charge in [0.2, 0.25) is 11.8 Å². The van der Waals surface area contributed by atoms with Crippen molar-refractivity contribution in [2.75, 3.05) is 39.8 Å². The summed E-state index contributed by atoms with van der Waals surface area (Å²) in [5.41, 5.74) is 0. The Morgan fingerprint density at radius 1 is 1.47 bits per heavy atom. The first-order valence-corrected chi connectivity index (χ1v) is 5.37. The average molecular weight is 213 g/mol. The molecule has 0 bridgehead atoms. The molecular weight excluding hydrogens is 194 g/mol. The minimum atomic E-state index is 0.0260. The van der Waals surface area contributed by atoms with Crippen LogP contribution in [0.4, 0.5) is 0 Å². The number of amides is 2. The lowest BCUT2D eigenvalue weighted by Gasteiger charge is -2.32. The highest BCUT2D eigenvalue weighted by molar-refractivity contribution is 5.85. The second-order valence-corrected chi connectivity index (χ2v) is 3.73. The van der Waals surface area contributed by atoms with Crippen molar-refractivity contribution in [2.24, 2.45) is 0 Å². The first-order chi connectivity index (χ1) is 7.15. The van der Waals surface area contributed by atoms with E-state index in [-0.39, 0.29) is 18.4 Å². The van der Waals surface area contributed by atoms with Gasteiger partial charge >= 0.3 is 0 Å². The molecular formula is C10H19N3O2. The molecule has 0 atom stereocenters. The first kappa shape index (κ1) is 12.0. The molecule has 86 valence electrons. The molecule has 5 heteroatoms. The molecule has 0 radical (unpaired) electrons. The van der Waals surface area contributed by atoms with E-state index in [0.717, 1.165) is 6.54 Å². The molecule has 2 amide bonds. The van der Waals surface area contributed by atoms with E-state index in [4.69, 9.17) is 0 Å². The number of likely N-dealkylation sites (N-methyl/N-ethyl adjacent to an activating group) is 1. The van der Waals surface area contributed by atoms with E-state index in [0.29, 0.717) is 26.1 Å². The Labute approximate surface area is 90.4 Å². The predicted octanol–water partition coefficient (Wildman–Crippen LogP) is -0.713. The number of carbonyl (C=O) groups is 2. The van der Waals surface area contributed by atoms with Gasteiger partial charge in [-0.25, -0.2) is 0 Å². The van der Waals surface area contributed by atoms with Crippen LogP contribution in [0.3, 0.4) is 0 Å². The van der Waals surface area contributed by atoms with E-state index in [1.807, 2.05) is 6.92 Å². The molecule has 0 unspecified atom stereocenters. The fourth-order valence-electron chi connectivity index (χ4n) is 1.50. The van der Waals surface area contributed by atoms with Gasteiger partial charge in [0.25, 0.3) is 0 Å². The van der Waals surface area contributed by atoms with Gasteiger partial charge in [-0.3, -0.25) is 9.59 Å². The first-order valence-electron chi connectivity index (χ1n) is 5.37. The maximum atomic E-state index is 11.6. The van der Waals surface area contributed by atoms with E-state index in [1.165, 1.54) is 0 Å². The number of piperazine rings is 1. The molecule has 0 aromatic heterocycles. The summed E-state index contributed by atoms with van der Waals surface area (Å²) in [5, 5.41) is 3.10. The molecule has 1 fully saturated rings. The van der Waals surface area contributed by atoms with Crippen LogP contribution in [0.1, 0.15) is 13.3 Å². The molecule has 0 aliphatic carbocycles. The molecule has 0 saturated carbocycles. The van der Waals surface area contributed by atoms with Gasteiger partial charge in [0.1, 0.15) is 0 Å². The summed E-state index contributed by atoms with van der Waals surface area (Å²) in [5.74, 6) is 0.0930. The predicted molar refractivity (Wildman–Crippen MR) is 57.4 cm³/mol. The summed E-state index contributed by atoms with van der Waals surface area (Å²) >= 11 is 0. The van der Waals surface area contributed by atoms with Gasteiger partial charge in [0, 0.05) is 33.1 Å². The highest BCUT2D eigenvalue weighted by Crippen LogP contribution is 2.02. The molecule has 1 aliphatic rings. The van der Waals surface area contributed by atoms with E-state index >= 15 is 0 Å². The molecule has 0 spiro atoms. The Bertz CT molecular complexity index is 243. The standard InChI is InChI=1S/C10H19N3O2/c1-3-11-5-4-9(14)13-7-6-12(2)10(15)8-13/h11H,3-8H2,1-2H3. The summed E-state index contributed by atoms with van der Waals surface area (Å²) in [4.78, 5) is 26.3. The minimum Gasteiger partial charge on any atom is -0.342 e. The normalized spacial score (nSPS) is 17.1. The van der Waals surface area contributed by atoms with Crippen LogP contribution in [0.2, 0.25) is 0 Å². The molecule has 0 aromatic rings. The lowest BCUT2D eigenvalue weighted by atomic mass is 10.3. The van der Waals surface area contributed by atoms with E-state index in [9.17, 15) is 9.59 Å². The summed E-state index contributed by atoms with van der Waals surface area (Å²) in [6, 6.07) is 0. The molecule has 1 rings (SSSR count). The molecule has 1 aliphatic heterocycles. The Balaban J connectivity index is 2.31. The number of nitrogens with zero attached hydrogens (tertiary/aromatic N) is 2. The third kappa shape index (κ3) is 3.51. The van der Waals surface area contributed by atoms with E-state index in [1.54, 1.807) is 16.8 Å². The zero-order valence-corrected chi connectivity index (χ0v) is 9.45. The molecule has 0 aromatic carbocycles. The summed E-state index contributed by atoms with van der Waals surface area (Å²) < 4.78 is 0. The lowest BCUT2D eigenvalue weighted by molar-refractivity contribution is -0.144. The number of hydrogen-bond acceptors (Lipinski definition) is 3. The fourth-order valence-corrected chi connectivity index (χ4v) is 1.50. The van der Waals surface area contributed by atoms with Crippen molar-refractivity contribution >= 4 is 11.8 Å². The van der Waals surface area contributed by atoms with Gasteiger partial charge in [-0.2, -0.15) is 0 Å². The van der Waals surface area contributed by atoms with Crippen LogP contribution in [0, 0.1) is 0 Å². The van der Waals surface area contributed by atoms with Crippen molar-refractivity contribution in [1.82, 2.24) is 15.1 Å². The van der Waals surface area contributed by atoms with Crippen molar-refractivity contribution in [3.8, 4) is 0 Å². The summed E-state index contributed by atoms with van der Waals surface area (Å²) in [6.45, 7) is 5.11. The van der Waals surface area contributed by atoms with Crippen molar-refractivity contribution in [1.29, 1.82) is 0 Å². The monoisotopic (exact) mass is 213 g/mol. The number of rotatable bonds is 4. The van der Waals surface area contributed by atoms with E-state index in [2.05, 4.69) is 5.32 Å². The van der Waals surface area contributed by atoms with Crippen LogP contribution >= 0.6 is 0 Å². The summed E-state index contributed by atoms with van der Waals surface area (Å²) in [7, 11) is 1.77. The van der Waals surface area contributed by atoms with Gasteiger partial charge in [0.05, 0.1) is 6.54 Å².